The number of rotatable bonds is 8. The maximum absolute atomic E-state index is 14.7. The number of hydrogen-bond donors (Lipinski definition) is 3. The molecule has 0 bridgehead atoms. The summed E-state index contributed by atoms with van der Waals surface area (Å²) < 4.78 is 51.1. The van der Waals surface area contributed by atoms with Gasteiger partial charge in [-0.25, -0.2) is 23.2 Å². The molecule has 0 spiro atoms. The molecular formula is C39H49N7O10S. The van der Waals surface area contributed by atoms with Crippen molar-refractivity contribution in [3.05, 3.63) is 48.9 Å². The number of sulfonamides is 1. The number of nitrogens with zero attached hydrogens (tertiary/aromatic N) is 4. The number of aromatic nitrogens is 2. The third kappa shape index (κ3) is 9.01. The molecule has 2 aliphatic heterocycles. The quantitative estimate of drug-likeness (QED) is 0.280. The molecule has 4 amide bonds. The van der Waals surface area contributed by atoms with Crippen molar-refractivity contribution in [2.24, 2.45) is 5.92 Å². The van der Waals surface area contributed by atoms with E-state index >= 15 is 0 Å². The molecule has 3 N–H and O–H groups in total. The van der Waals surface area contributed by atoms with Gasteiger partial charge >= 0.3 is 6.09 Å². The Morgan fingerprint density at radius 1 is 1.12 bits per heavy atom. The largest absolute Gasteiger partial charge is 0.497 e. The van der Waals surface area contributed by atoms with Gasteiger partial charge in [-0.3, -0.25) is 19.1 Å². The molecule has 0 radical (unpaired) electrons. The van der Waals surface area contributed by atoms with Gasteiger partial charge in [0.15, 0.2) is 0 Å². The standard InChI is InChI=1S/C39H49N7O10S/c1-38(2,3)56-37(50)42-30-22-45(4)15-8-6-7-9-24-20-39(24,36(49)44-57(51,52)27-11-12-27)43-32(47)31-19-26(21-46(31)35(30)48)55-33-28-13-10-25(53-5)17-23(28)18-29(41-33)34-40-14-16-54-34/h7,9-10,13-14,16-18,24,26-27,30-31H,6,8,11-12,15,19-22H2,1-5H3,(H,42,50)(H,43,47)(H,44,49)/t24-,26?,30+,31+,39-/m1/s1. The number of benzene rings is 1. The molecule has 2 aromatic heterocycles. The molecule has 1 aromatic carbocycles. The number of nitrogens with one attached hydrogen (secondary N) is 3. The Bertz CT molecular complexity index is 2170. The third-order valence-electron chi connectivity index (χ3n) is 10.5. The molecule has 18 heteroatoms. The molecular weight excluding hydrogens is 759 g/mol. The number of ether oxygens (including phenoxy) is 3. The van der Waals surface area contributed by atoms with Crippen LogP contribution in [0.4, 0.5) is 4.79 Å². The zero-order valence-electron chi connectivity index (χ0n) is 32.6. The van der Waals surface area contributed by atoms with Crippen LogP contribution >= 0.6 is 0 Å². The molecule has 4 aliphatic rings. The van der Waals surface area contributed by atoms with E-state index in [1.54, 1.807) is 46.1 Å². The zero-order valence-corrected chi connectivity index (χ0v) is 33.5. The first kappa shape index (κ1) is 40.0. The summed E-state index contributed by atoms with van der Waals surface area (Å²) in [5, 5.41) is 6.28. The van der Waals surface area contributed by atoms with Crippen LogP contribution in [0.3, 0.4) is 0 Å². The fourth-order valence-corrected chi connectivity index (χ4v) is 8.72. The highest BCUT2D eigenvalue weighted by Crippen LogP contribution is 2.46. The lowest BCUT2D eigenvalue weighted by Crippen LogP contribution is -2.59. The number of oxazole rings is 1. The summed E-state index contributed by atoms with van der Waals surface area (Å²) in [6, 6.07) is 4.83. The van der Waals surface area contributed by atoms with Gasteiger partial charge in [0.25, 0.3) is 5.91 Å². The van der Waals surface area contributed by atoms with Crippen molar-refractivity contribution in [1.29, 1.82) is 0 Å². The van der Waals surface area contributed by atoms with Crippen LogP contribution in [0.5, 0.6) is 11.6 Å². The second-order valence-electron chi connectivity index (χ2n) is 16.2. The summed E-state index contributed by atoms with van der Waals surface area (Å²) in [7, 11) is -0.534. The highest BCUT2D eigenvalue weighted by Gasteiger charge is 2.62. The van der Waals surface area contributed by atoms with Gasteiger partial charge < -0.3 is 39.1 Å². The molecule has 57 heavy (non-hydrogen) atoms. The lowest BCUT2D eigenvalue weighted by molar-refractivity contribution is -0.141. The van der Waals surface area contributed by atoms with Crippen LogP contribution in [0.2, 0.25) is 0 Å². The zero-order chi connectivity index (χ0) is 40.7. The average Bonchev–Trinajstić information content (AvgIpc) is 4.01. The molecule has 3 fully saturated rings. The minimum atomic E-state index is -3.92. The summed E-state index contributed by atoms with van der Waals surface area (Å²) in [5.41, 5.74) is -2.01. The number of carbonyl (C=O) groups is 4. The third-order valence-corrected chi connectivity index (χ3v) is 12.3. The van der Waals surface area contributed by atoms with E-state index in [1.165, 1.54) is 17.4 Å². The summed E-state index contributed by atoms with van der Waals surface area (Å²) in [5.74, 6) is -1.48. The van der Waals surface area contributed by atoms with E-state index in [4.69, 9.17) is 23.6 Å². The topological polar surface area (TPSA) is 212 Å². The first-order chi connectivity index (χ1) is 27.0. The van der Waals surface area contributed by atoms with Crippen LogP contribution in [0.1, 0.15) is 59.3 Å². The number of carbonyl (C=O) groups excluding carboxylic acids is 4. The van der Waals surface area contributed by atoms with Crippen molar-refractivity contribution in [2.45, 2.75) is 93.9 Å². The van der Waals surface area contributed by atoms with Crippen molar-refractivity contribution >= 4 is 44.6 Å². The molecule has 4 heterocycles. The monoisotopic (exact) mass is 807 g/mol. The van der Waals surface area contributed by atoms with Crippen LogP contribution in [0, 0.1) is 5.92 Å². The van der Waals surface area contributed by atoms with Crippen molar-refractivity contribution in [1.82, 2.24) is 35.1 Å². The SMILES string of the molecule is COc1ccc2c(OC3C[C@H]4C(=O)N[C@]5(C(=O)NS(=O)(=O)C6CC6)C[C@H]5C=CCCCN(C)C[C@H](NC(=O)OC(C)(C)C)C(=O)N4C3)nc(-c3ncco3)cc2c1. The van der Waals surface area contributed by atoms with Gasteiger partial charge in [0.05, 0.1) is 25.1 Å². The molecule has 1 unspecified atom stereocenters. The van der Waals surface area contributed by atoms with Crippen molar-refractivity contribution in [3.63, 3.8) is 0 Å². The Morgan fingerprint density at radius 3 is 2.61 bits per heavy atom. The van der Waals surface area contributed by atoms with Gasteiger partial charge in [-0.05, 0) is 96.1 Å². The average molecular weight is 808 g/mol. The summed E-state index contributed by atoms with van der Waals surface area (Å²) in [6.45, 7) is 5.73. The van der Waals surface area contributed by atoms with E-state index in [0.29, 0.717) is 54.4 Å². The fraction of sp³-hybridized carbons (Fsp3) is 0.538. The molecule has 7 rings (SSSR count). The Balaban J connectivity index is 1.24. The first-order valence-electron chi connectivity index (χ1n) is 19.1. The smallest absolute Gasteiger partial charge is 0.408 e. The van der Waals surface area contributed by atoms with Crippen molar-refractivity contribution < 1.29 is 46.2 Å². The minimum Gasteiger partial charge on any atom is -0.497 e. The number of methoxy groups -OCH3 is 1. The predicted molar refractivity (Wildman–Crippen MR) is 206 cm³/mol. The van der Waals surface area contributed by atoms with Crippen LogP contribution in [-0.4, -0.2) is 120 Å². The molecule has 2 saturated carbocycles. The van der Waals surface area contributed by atoms with Gasteiger partial charge in [-0.2, -0.15) is 0 Å². The highest BCUT2D eigenvalue weighted by atomic mass is 32.2. The number of fused-ring (bicyclic) bond motifs is 3. The number of amides is 4. The number of pyridine rings is 1. The van der Waals surface area contributed by atoms with Crippen molar-refractivity contribution in [3.8, 4) is 23.2 Å². The van der Waals surface area contributed by atoms with E-state index in [1.807, 2.05) is 30.2 Å². The fourth-order valence-electron chi connectivity index (χ4n) is 7.36. The summed E-state index contributed by atoms with van der Waals surface area (Å²) in [4.78, 5) is 68.4. The van der Waals surface area contributed by atoms with Crippen LogP contribution in [0.25, 0.3) is 22.4 Å². The van der Waals surface area contributed by atoms with Gasteiger partial charge in [-0.1, -0.05) is 12.2 Å². The number of alkyl carbamates (subject to hydrolysis) is 1. The molecule has 1 saturated heterocycles. The molecule has 3 aromatic rings. The molecule has 17 nitrogen and oxygen atoms in total. The lowest BCUT2D eigenvalue weighted by Gasteiger charge is -2.32. The Labute approximate surface area is 330 Å². The van der Waals surface area contributed by atoms with Gasteiger partial charge in [0.2, 0.25) is 33.6 Å². The maximum atomic E-state index is 14.7. The minimum absolute atomic E-state index is 0.0201. The van der Waals surface area contributed by atoms with E-state index in [0.717, 1.165) is 0 Å². The van der Waals surface area contributed by atoms with E-state index < -0.39 is 74.3 Å². The van der Waals surface area contributed by atoms with Gasteiger partial charge in [-0.15, -0.1) is 0 Å². The normalized spacial score (nSPS) is 26.0. The van der Waals surface area contributed by atoms with Gasteiger partial charge in [0.1, 0.15) is 47.0 Å². The Morgan fingerprint density at radius 2 is 1.91 bits per heavy atom. The van der Waals surface area contributed by atoms with Crippen LogP contribution < -0.4 is 24.8 Å². The summed E-state index contributed by atoms with van der Waals surface area (Å²) in [6.07, 6.45) is 7.47. The van der Waals surface area contributed by atoms with Crippen LogP contribution in [0.15, 0.2) is 53.3 Å². The highest BCUT2D eigenvalue weighted by molar-refractivity contribution is 7.91. The Hall–Kier alpha value is -5.23. The second kappa shape index (κ2) is 15.6. The van der Waals surface area contributed by atoms with Crippen LogP contribution in [-0.2, 0) is 29.1 Å². The summed E-state index contributed by atoms with van der Waals surface area (Å²) >= 11 is 0. The van der Waals surface area contributed by atoms with Crippen molar-refractivity contribution in [2.75, 3.05) is 33.8 Å². The van der Waals surface area contributed by atoms with Gasteiger partial charge in [0, 0.05) is 24.3 Å². The number of hydrogen-bond acceptors (Lipinski definition) is 13. The Kier molecular flexibility index (Phi) is 10.9. The van der Waals surface area contributed by atoms with E-state index in [9.17, 15) is 27.6 Å². The maximum Gasteiger partial charge on any atom is 0.408 e. The first-order valence-corrected chi connectivity index (χ1v) is 20.7. The number of allylic oxidation sites excluding steroid dienone is 1. The predicted octanol–water partition coefficient (Wildman–Crippen LogP) is 2.91. The van der Waals surface area contributed by atoms with E-state index in [-0.39, 0.29) is 37.7 Å². The lowest BCUT2D eigenvalue weighted by atomic mass is 10.1. The molecule has 2 aliphatic carbocycles. The van der Waals surface area contributed by atoms with E-state index in [2.05, 4.69) is 20.3 Å². The molecule has 306 valence electrons. The molecule has 5 atom stereocenters. The second-order valence-corrected chi connectivity index (χ2v) is 18.2. The number of likely N-dealkylation sites (N-methyl/N-ethyl adjacent to an activating group) is 1.